The molecular formula is C98H123BBrCl3N6O10Si2. The first-order valence-electron chi connectivity index (χ1n) is 44.0. The van der Waals surface area contributed by atoms with Crippen LogP contribution in [-0.2, 0) is 53.8 Å². The van der Waals surface area contributed by atoms with Crippen LogP contribution in [-0.4, -0.2) is 114 Å². The average molecular weight is 1800 g/mol. The summed E-state index contributed by atoms with van der Waals surface area (Å²) in [6, 6.07) is 36.1. The highest BCUT2D eigenvalue weighted by atomic mass is 79.9. The number of methoxy groups -OCH3 is 2. The number of esters is 2. The second kappa shape index (κ2) is 36.7. The number of carboxylic acids is 1. The van der Waals surface area contributed by atoms with Gasteiger partial charge in [0.2, 0.25) is 0 Å². The van der Waals surface area contributed by atoms with Crippen LogP contribution in [0.1, 0.15) is 250 Å². The fraction of sp³-hybridized carbons (Fsp3) is 0.480. The molecule has 12 aromatic rings. The molecule has 0 atom stereocenters. The van der Waals surface area contributed by atoms with E-state index in [-0.39, 0.29) is 22.0 Å². The molecule has 3 saturated carbocycles. The molecule has 6 aromatic carbocycles. The van der Waals surface area contributed by atoms with Crippen LogP contribution in [0.2, 0.25) is 51.3 Å². The van der Waals surface area contributed by atoms with Crippen molar-refractivity contribution in [3.8, 4) is 22.5 Å². The molecule has 0 radical (unpaired) electrons. The molecule has 644 valence electrons. The Labute approximate surface area is 740 Å². The number of nitrogens with one attached hydrogen (secondary N) is 2. The topological polar surface area (TPSA) is 178 Å². The first kappa shape index (κ1) is 89.9. The molecule has 1 saturated heterocycles. The zero-order valence-corrected chi connectivity index (χ0v) is 79.7. The van der Waals surface area contributed by atoms with Crippen LogP contribution >= 0.6 is 50.7 Å². The summed E-state index contributed by atoms with van der Waals surface area (Å²) in [6.07, 6.45) is 27.2. The maximum atomic E-state index is 12.6. The Hall–Kier alpha value is -7.34. The van der Waals surface area contributed by atoms with Gasteiger partial charge in [0, 0.05) is 132 Å². The Morgan fingerprint density at radius 3 is 1.46 bits per heavy atom. The van der Waals surface area contributed by atoms with Crippen LogP contribution < -0.4 is 5.59 Å². The molecule has 0 unspecified atom stereocenters. The van der Waals surface area contributed by atoms with Gasteiger partial charge in [-0.2, -0.15) is 0 Å². The Bertz CT molecular complexity index is 5750. The number of nitrogens with zero attached hydrogens (tertiary/aromatic N) is 4. The van der Waals surface area contributed by atoms with Gasteiger partial charge in [0.25, 0.3) is 0 Å². The van der Waals surface area contributed by atoms with E-state index in [9.17, 15) is 19.5 Å². The smallest absolute Gasteiger partial charge is 0.478 e. The third-order valence-electron chi connectivity index (χ3n) is 28.0. The number of hydrogen-bond donors (Lipinski definition) is 3. The number of carboxylic acid groups (broad SMARTS) is 1. The van der Waals surface area contributed by atoms with E-state index in [1.165, 1.54) is 166 Å². The van der Waals surface area contributed by atoms with E-state index >= 15 is 0 Å². The normalized spacial score (nSPS) is 16.8. The molecule has 17 rings (SSSR count). The minimum Gasteiger partial charge on any atom is -0.478 e. The number of aromatic nitrogens is 6. The van der Waals surface area contributed by atoms with Crippen molar-refractivity contribution in [2.24, 2.45) is 0 Å². The minimum atomic E-state index is -1.85. The molecular weight excluding hydrogens is 1670 g/mol. The summed E-state index contributed by atoms with van der Waals surface area (Å²) in [5, 5.41) is 19.1. The number of hydrogen-bond acceptors (Lipinski definition) is 9. The minimum absolute atomic E-state index is 0.171. The lowest BCUT2D eigenvalue weighted by molar-refractivity contribution is 0.00578. The van der Waals surface area contributed by atoms with E-state index in [1.54, 1.807) is 6.07 Å². The Kier molecular flexibility index (Phi) is 27.3. The first-order chi connectivity index (χ1) is 57.5. The van der Waals surface area contributed by atoms with Crippen molar-refractivity contribution >= 4 is 163 Å². The monoisotopic (exact) mass is 1790 g/mol. The van der Waals surface area contributed by atoms with Crippen LogP contribution in [0, 0.1) is 0 Å². The van der Waals surface area contributed by atoms with Crippen molar-refractivity contribution in [1.29, 1.82) is 0 Å². The summed E-state index contributed by atoms with van der Waals surface area (Å²) in [5.74, 6) is -0.0658. The highest BCUT2D eigenvalue weighted by Crippen LogP contribution is 2.51. The zero-order chi connectivity index (χ0) is 86.4. The molecule has 0 amide bonds. The first-order valence-corrected chi connectivity index (χ1v) is 51.8. The van der Waals surface area contributed by atoms with Gasteiger partial charge < -0.3 is 61.0 Å². The Balaban J connectivity index is 0.000000140. The molecule has 16 nitrogen and oxygen atoms in total. The summed E-state index contributed by atoms with van der Waals surface area (Å²) >= 11 is 22.6. The summed E-state index contributed by atoms with van der Waals surface area (Å²) < 4.78 is 47.3. The van der Waals surface area contributed by atoms with E-state index < -0.39 is 40.9 Å². The van der Waals surface area contributed by atoms with Gasteiger partial charge in [-0.25, -0.2) is 14.4 Å². The van der Waals surface area contributed by atoms with Crippen molar-refractivity contribution in [3.05, 3.63) is 181 Å². The molecule has 0 spiro atoms. The second-order valence-corrected chi connectivity index (χ2v) is 49.9. The van der Waals surface area contributed by atoms with Crippen LogP contribution in [0.3, 0.4) is 0 Å². The average Bonchev–Trinajstić information content (AvgIpc) is 1.57. The summed E-state index contributed by atoms with van der Waals surface area (Å²) in [7, 11) is -1.28. The van der Waals surface area contributed by atoms with Gasteiger partial charge >= 0.3 is 25.0 Å². The molecule has 6 aromatic heterocycles. The Morgan fingerprint density at radius 1 is 0.512 bits per heavy atom. The van der Waals surface area contributed by atoms with Gasteiger partial charge in [0.15, 0.2) is 16.6 Å². The molecule has 23 heteroatoms. The molecule has 4 fully saturated rings. The second-order valence-electron chi connectivity index (χ2n) is 38.2. The van der Waals surface area contributed by atoms with Gasteiger partial charge in [-0.1, -0.05) is 152 Å². The number of halogens is 4. The number of rotatable bonds is 18. The number of H-pyrrole nitrogens is 2. The predicted octanol–water partition coefficient (Wildman–Crippen LogP) is 27.5. The van der Waals surface area contributed by atoms with Crippen molar-refractivity contribution in [2.75, 3.05) is 27.4 Å². The van der Waals surface area contributed by atoms with Gasteiger partial charge in [-0.3, -0.25) is 0 Å². The molecule has 3 aliphatic carbocycles. The highest BCUT2D eigenvalue weighted by molar-refractivity contribution is 9.10. The third-order valence-corrected chi connectivity index (χ3v) is 38.7. The van der Waals surface area contributed by atoms with Crippen LogP contribution in [0.4, 0.5) is 0 Å². The maximum absolute atomic E-state index is 12.6. The van der Waals surface area contributed by atoms with E-state index in [0.29, 0.717) is 47.7 Å². The molecule has 5 aliphatic rings. The van der Waals surface area contributed by atoms with E-state index in [4.69, 9.17) is 62.4 Å². The van der Waals surface area contributed by atoms with Crippen molar-refractivity contribution in [1.82, 2.24) is 28.2 Å². The lowest BCUT2D eigenvalue weighted by Crippen LogP contribution is -2.43. The molecule has 3 N–H and O–H groups in total. The fourth-order valence-electron chi connectivity index (χ4n) is 18.7. The van der Waals surface area contributed by atoms with Crippen molar-refractivity contribution < 1.29 is 47.1 Å². The van der Waals surface area contributed by atoms with Crippen molar-refractivity contribution in [2.45, 2.75) is 276 Å². The number of aromatic carboxylic acids is 1. The SMILES string of the molecule is COC(=O)c1ccc2c(C3CCCCC3)c(-c3ccc(Cl)c4cc[nH]c34)n(CCCO[Si](C)(C)C(C)(C)C)c2c1.COC(=O)c1ccc2c(C3CCCCC3)c(B3OC(C)(C)C(C)(C)O3)n(CCCO[Si](C)(C)C(C)(C)C)c2c1.Clc1ccc(Br)c2[nH]ccc12.O=C(O)c1ccc2c(C3CCCCC3)c3n(c2c1)CCCn1ccc2c(Cl)ccc-3c21. The number of carbonyl (C=O) groups excluding carboxylic acids is 2. The summed E-state index contributed by atoms with van der Waals surface area (Å²) in [5.41, 5.74) is 17.3. The van der Waals surface area contributed by atoms with E-state index in [0.717, 1.165) is 120 Å². The number of benzene rings is 6. The number of aromatic amines is 2. The van der Waals surface area contributed by atoms with E-state index in [1.807, 2.05) is 79.1 Å². The summed E-state index contributed by atoms with van der Waals surface area (Å²) in [6.45, 7) is 36.1. The van der Waals surface area contributed by atoms with Crippen molar-refractivity contribution in [3.63, 3.8) is 0 Å². The third kappa shape index (κ3) is 18.3. The van der Waals surface area contributed by atoms with Gasteiger partial charge in [-0.05, 0) is 263 Å². The quantitative estimate of drug-likeness (QED) is 0.0425. The lowest BCUT2D eigenvalue weighted by Gasteiger charge is -2.36. The fourth-order valence-corrected chi connectivity index (χ4v) is 22.0. The predicted molar refractivity (Wildman–Crippen MR) is 508 cm³/mol. The van der Waals surface area contributed by atoms with Gasteiger partial charge in [0.05, 0.1) is 80.7 Å². The standard InChI is InChI=1S/C33H43ClN2O3Si.C31H50BNO5Si.C26H25ClN2O2.C8H5BrClN/c1-33(2,3)40(5,6)39-20-10-19-36-28-21-23(32(37)38-4)13-14-25(28)29(22-11-8-7-9-12-22)31(36)26-15-16-27(34)24-17-18-35-30(24)26;1-29(2,3)39(9,10)36-20-14-19-33-25-21-23(28(34)35-8)17-18-24(25)26(22-15-12-11-13-16-22)27(33)32-37-30(4,5)31(6,7)38-32;27-21-10-9-20-24-18(21)11-14-28(24)12-4-13-29-22-15-17(26(30)31)7-8-19(22)23(25(20)29)16-5-2-1-3-6-16;9-6-1-2-7(10)5-3-4-11-8(5)6/h13-18,21-22,35H,7-12,19-20H2,1-6H3;17-18,21-22H,11-16,19-20H2,1-10H3;7-11,14-16H,1-6,12-13H2,(H,30,31);1-4,11H. The molecule has 8 heterocycles. The van der Waals surface area contributed by atoms with Gasteiger partial charge in [-0.15, -0.1) is 0 Å². The largest absolute Gasteiger partial charge is 0.512 e. The number of carbonyl (C=O) groups is 3. The van der Waals surface area contributed by atoms with Crippen LogP contribution in [0.5, 0.6) is 0 Å². The van der Waals surface area contributed by atoms with E-state index in [2.05, 4.69) is 182 Å². The molecule has 2 aliphatic heterocycles. The molecule has 0 bridgehead atoms. The lowest BCUT2D eigenvalue weighted by atomic mass is 9.74. The van der Waals surface area contributed by atoms with Crippen LogP contribution in [0.15, 0.2) is 132 Å². The van der Waals surface area contributed by atoms with Crippen LogP contribution in [0.25, 0.3) is 87.9 Å². The molecule has 121 heavy (non-hydrogen) atoms. The van der Waals surface area contributed by atoms with Gasteiger partial charge in [0.1, 0.15) is 0 Å². The Morgan fingerprint density at radius 2 is 0.950 bits per heavy atom. The maximum Gasteiger partial charge on any atom is 0.512 e. The summed E-state index contributed by atoms with van der Waals surface area (Å²) in [4.78, 5) is 43.5. The number of ether oxygens (including phenoxy) is 2. The zero-order valence-electron chi connectivity index (χ0n) is 73.8. The highest BCUT2D eigenvalue weighted by Gasteiger charge is 2.54. The number of aryl methyl sites for hydroxylation is 4. The number of fused-ring (bicyclic) bond motifs is 8.